The molecule has 6 nitrogen and oxygen atoms in total. The van der Waals surface area contributed by atoms with Gasteiger partial charge in [-0.1, -0.05) is 146 Å². The van der Waals surface area contributed by atoms with Gasteiger partial charge in [0.25, 0.3) is 0 Å². The second-order valence-corrected chi connectivity index (χ2v) is 12.8. The van der Waals surface area contributed by atoms with Gasteiger partial charge in [-0.3, -0.25) is 0 Å². The van der Waals surface area contributed by atoms with Gasteiger partial charge in [-0.15, -0.1) is 0 Å². The molecule has 248 valence electrons. The Morgan fingerprint density at radius 1 is 0.714 bits per heavy atom. The first kappa shape index (κ1) is 33.4. The van der Waals surface area contributed by atoms with E-state index in [4.69, 9.17) is 14.2 Å². The summed E-state index contributed by atoms with van der Waals surface area (Å²) in [7, 11) is 0. The second-order valence-electron chi connectivity index (χ2n) is 12.8. The molecule has 2 atom stereocenters. The van der Waals surface area contributed by atoms with Crippen LogP contribution in [0.25, 0.3) is 11.1 Å². The van der Waals surface area contributed by atoms with E-state index in [-0.39, 0.29) is 12.5 Å². The van der Waals surface area contributed by atoms with Crippen molar-refractivity contribution in [2.75, 3.05) is 6.61 Å². The van der Waals surface area contributed by atoms with Crippen LogP contribution in [0.1, 0.15) is 54.5 Å². The number of carbonyl (C=O) groups is 2. The number of hydrogen-bond acceptors (Lipinski definition) is 5. The number of esters is 1. The molecular formula is C43H41NO5. The molecule has 0 unspecified atom stereocenters. The van der Waals surface area contributed by atoms with Crippen LogP contribution < -0.4 is 5.32 Å². The topological polar surface area (TPSA) is 73.9 Å². The van der Waals surface area contributed by atoms with Crippen LogP contribution in [0.4, 0.5) is 4.79 Å². The highest BCUT2D eigenvalue weighted by Gasteiger charge is 2.43. The molecule has 5 aromatic rings. The van der Waals surface area contributed by atoms with Crippen LogP contribution in [0.2, 0.25) is 0 Å². The molecule has 1 N–H and O–H groups in total. The van der Waals surface area contributed by atoms with Crippen molar-refractivity contribution in [1.82, 2.24) is 5.32 Å². The minimum Gasteiger partial charge on any atom is -0.454 e. The summed E-state index contributed by atoms with van der Waals surface area (Å²) >= 11 is 0. The fraction of sp³-hybridized carbons (Fsp3) is 0.209. The number of ether oxygens (including phenoxy) is 3. The van der Waals surface area contributed by atoms with E-state index in [2.05, 4.69) is 36.2 Å². The number of fused-ring (bicyclic) bond motifs is 3. The van der Waals surface area contributed by atoms with Crippen LogP contribution >= 0.6 is 0 Å². The monoisotopic (exact) mass is 651 g/mol. The van der Waals surface area contributed by atoms with Crippen LogP contribution in [0.3, 0.4) is 0 Å². The largest absolute Gasteiger partial charge is 0.454 e. The zero-order valence-corrected chi connectivity index (χ0v) is 28.0. The molecule has 0 aromatic heterocycles. The fourth-order valence-electron chi connectivity index (χ4n) is 6.57. The van der Waals surface area contributed by atoms with Crippen LogP contribution in [0.15, 0.2) is 152 Å². The zero-order chi connectivity index (χ0) is 34.4. The van der Waals surface area contributed by atoms with Gasteiger partial charge in [0.05, 0.1) is 6.10 Å². The van der Waals surface area contributed by atoms with Gasteiger partial charge in [-0.25, -0.2) is 9.59 Å². The van der Waals surface area contributed by atoms with Gasteiger partial charge in [0.15, 0.2) is 6.04 Å². The molecule has 1 amide bonds. The molecule has 0 bridgehead atoms. The Bertz CT molecular complexity index is 1760. The van der Waals surface area contributed by atoms with Crippen molar-refractivity contribution < 1.29 is 23.8 Å². The molecular weight excluding hydrogens is 610 g/mol. The lowest BCUT2D eigenvalue weighted by molar-refractivity contribution is -0.161. The number of rotatable bonds is 12. The van der Waals surface area contributed by atoms with E-state index in [0.29, 0.717) is 0 Å². The number of nitrogens with one attached hydrogen (secondary N) is 1. The number of hydrogen-bond donors (Lipinski definition) is 1. The van der Waals surface area contributed by atoms with E-state index in [1.807, 2.05) is 115 Å². The highest BCUT2D eigenvalue weighted by molar-refractivity contribution is 5.83. The lowest BCUT2D eigenvalue weighted by atomic mass is 9.79. The normalized spacial score (nSPS) is 13.8. The molecule has 0 saturated heterocycles. The first-order valence-corrected chi connectivity index (χ1v) is 16.6. The highest BCUT2D eigenvalue weighted by Crippen LogP contribution is 2.45. The standard InChI is InChI=1S/C43H41NO5/c1-5-42(3,4)49-40(45)39(44-41(46)47-29-38-36-27-17-15-25-34(36)35-26-16-18-28-37(35)38)30(2)48-43(31-19-9-6-10-20-31,32-21-11-7-12-22-32)33-23-13-8-14-24-33/h5-28,30,38-39H,1,29H2,2-4H3,(H,44,46)/t30-,39+/m1/s1. The van der Waals surface area contributed by atoms with Crippen molar-refractivity contribution in [3.8, 4) is 11.1 Å². The summed E-state index contributed by atoms with van der Waals surface area (Å²) in [5.74, 6) is -0.812. The zero-order valence-electron chi connectivity index (χ0n) is 28.0. The Morgan fingerprint density at radius 2 is 1.14 bits per heavy atom. The van der Waals surface area contributed by atoms with Crippen LogP contribution in [-0.2, 0) is 24.6 Å². The van der Waals surface area contributed by atoms with Crippen molar-refractivity contribution in [2.24, 2.45) is 0 Å². The lowest BCUT2D eigenvalue weighted by Crippen LogP contribution is -2.53. The van der Waals surface area contributed by atoms with Gasteiger partial charge < -0.3 is 19.5 Å². The third-order valence-corrected chi connectivity index (χ3v) is 9.10. The Kier molecular flexibility index (Phi) is 9.79. The van der Waals surface area contributed by atoms with Crippen molar-refractivity contribution in [2.45, 2.75) is 50.0 Å². The quantitative estimate of drug-likeness (QED) is 0.0829. The molecule has 0 fully saturated rings. The van der Waals surface area contributed by atoms with Gasteiger partial charge in [-0.05, 0) is 65.8 Å². The van der Waals surface area contributed by atoms with E-state index in [9.17, 15) is 9.59 Å². The van der Waals surface area contributed by atoms with Crippen LogP contribution in [0.5, 0.6) is 0 Å². The summed E-state index contributed by atoms with van der Waals surface area (Å²) in [6.07, 6.45) is -0.0992. The molecule has 6 heteroatoms. The van der Waals surface area contributed by atoms with Gasteiger partial charge in [0.1, 0.15) is 17.8 Å². The first-order valence-electron chi connectivity index (χ1n) is 16.6. The molecule has 1 aliphatic rings. The van der Waals surface area contributed by atoms with Crippen molar-refractivity contribution >= 4 is 12.1 Å². The van der Waals surface area contributed by atoms with Gasteiger partial charge in [0, 0.05) is 5.92 Å². The number of alkyl carbamates (subject to hydrolysis) is 1. The van der Waals surface area contributed by atoms with E-state index in [1.54, 1.807) is 26.8 Å². The second kappa shape index (κ2) is 14.3. The predicted molar refractivity (Wildman–Crippen MR) is 192 cm³/mol. The third kappa shape index (κ3) is 6.92. The lowest BCUT2D eigenvalue weighted by Gasteiger charge is -2.40. The summed E-state index contributed by atoms with van der Waals surface area (Å²) in [5, 5.41) is 2.82. The smallest absolute Gasteiger partial charge is 0.407 e. The van der Waals surface area contributed by atoms with E-state index in [1.165, 1.54) is 0 Å². The molecule has 0 saturated carbocycles. The first-order chi connectivity index (χ1) is 23.7. The average Bonchev–Trinajstić information content (AvgIpc) is 3.46. The van der Waals surface area contributed by atoms with Gasteiger partial charge in [0.2, 0.25) is 0 Å². The Morgan fingerprint density at radius 3 is 1.59 bits per heavy atom. The summed E-state index contributed by atoms with van der Waals surface area (Å²) in [6.45, 7) is 9.14. The Hall–Kier alpha value is -5.46. The SMILES string of the molecule is C=CC(C)(C)OC(=O)[C@@H](NC(=O)OCC1c2ccccc2-c2ccccc21)[C@@H](C)OC(c1ccccc1)(c1ccccc1)c1ccccc1. The third-order valence-electron chi connectivity index (χ3n) is 9.10. The molecule has 6 rings (SSSR count). The van der Waals surface area contributed by atoms with Gasteiger partial charge in [-0.2, -0.15) is 0 Å². The summed E-state index contributed by atoms with van der Waals surface area (Å²) in [6, 6.07) is 44.6. The molecule has 5 aromatic carbocycles. The molecule has 0 aliphatic heterocycles. The Labute approximate surface area is 288 Å². The molecule has 0 heterocycles. The minimum atomic E-state index is -1.23. The molecule has 49 heavy (non-hydrogen) atoms. The maximum atomic E-state index is 14.0. The van der Waals surface area contributed by atoms with Crippen molar-refractivity contribution in [1.29, 1.82) is 0 Å². The maximum absolute atomic E-state index is 14.0. The van der Waals surface area contributed by atoms with Crippen LogP contribution in [-0.4, -0.2) is 36.4 Å². The highest BCUT2D eigenvalue weighted by atomic mass is 16.6. The molecule has 0 radical (unpaired) electrons. The molecule has 0 spiro atoms. The van der Waals surface area contributed by atoms with Crippen LogP contribution in [0, 0.1) is 0 Å². The maximum Gasteiger partial charge on any atom is 0.407 e. The van der Waals surface area contributed by atoms with Gasteiger partial charge >= 0.3 is 12.1 Å². The van der Waals surface area contributed by atoms with E-state index >= 15 is 0 Å². The summed E-state index contributed by atoms with van der Waals surface area (Å²) < 4.78 is 18.8. The number of amides is 1. The Balaban J connectivity index is 1.32. The van der Waals surface area contributed by atoms with Crippen molar-refractivity contribution in [3.05, 3.63) is 180 Å². The minimum absolute atomic E-state index is 0.0942. The van der Waals surface area contributed by atoms with Crippen molar-refractivity contribution in [3.63, 3.8) is 0 Å². The van der Waals surface area contributed by atoms with E-state index < -0.39 is 35.4 Å². The number of carbonyl (C=O) groups excluding carboxylic acids is 2. The fourth-order valence-corrected chi connectivity index (χ4v) is 6.57. The summed E-state index contributed by atoms with van der Waals surface area (Å²) in [5.41, 5.74) is 4.89. The number of benzene rings is 5. The molecule has 1 aliphatic carbocycles. The predicted octanol–water partition coefficient (Wildman–Crippen LogP) is 8.80. The van der Waals surface area contributed by atoms with E-state index in [0.717, 1.165) is 38.9 Å². The average molecular weight is 652 g/mol. The summed E-state index contributed by atoms with van der Waals surface area (Å²) in [4.78, 5) is 27.6.